The molecule has 1 aliphatic rings. The highest BCUT2D eigenvalue weighted by atomic mass is 127. The highest BCUT2D eigenvalue weighted by Crippen LogP contribution is 2.21. The maximum atomic E-state index is 13.4. The number of nitrogens with one attached hydrogen (secondary N) is 3. The summed E-state index contributed by atoms with van der Waals surface area (Å²) in [5, 5.41) is 8.11. The third-order valence-corrected chi connectivity index (χ3v) is 6.22. The van der Waals surface area contributed by atoms with Crippen molar-refractivity contribution in [3.05, 3.63) is 71.7 Å². The highest BCUT2D eigenvalue weighted by molar-refractivity contribution is 14.0. The van der Waals surface area contributed by atoms with E-state index < -0.39 is 0 Å². The van der Waals surface area contributed by atoms with Gasteiger partial charge in [0.05, 0.1) is 0 Å². The number of nitrogens with zero attached hydrogens (tertiary/aromatic N) is 2. The molecular weight excluding hydrogens is 516 g/mol. The first-order chi connectivity index (χ1) is 15.1. The number of benzene rings is 2. The molecule has 2 aromatic carbocycles. The second kappa shape index (κ2) is 11.7. The lowest BCUT2D eigenvalue weighted by Gasteiger charge is -2.38. The fourth-order valence-electron chi connectivity index (χ4n) is 4.47. The number of aromatic amines is 1. The zero-order valence-electron chi connectivity index (χ0n) is 18.8. The molecule has 2 unspecified atom stereocenters. The number of guanidine groups is 1. The van der Waals surface area contributed by atoms with Gasteiger partial charge in [-0.3, -0.25) is 9.89 Å². The van der Waals surface area contributed by atoms with Crippen LogP contribution in [0.5, 0.6) is 0 Å². The summed E-state index contributed by atoms with van der Waals surface area (Å²) in [5.74, 6) is 0.632. The topological polar surface area (TPSA) is 55.5 Å². The van der Waals surface area contributed by atoms with E-state index in [1.54, 1.807) is 0 Å². The summed E-state index contributed by atoms with van der Waals surface area (Å²) in [6.07, 6.45) is 5.01. The van der Waals surface area contributed by atoms with Crippen LogP contribution in [0.25, 0.3) is 10.9 Å². The molecule has 2 heterocycles. The van der Waals surface area contributed by atoms with Crippen molar-refractivity contribution in [1.82, 2.24) is 20.5 Å². The van der Waals surface area contributed by atoms with E-state index in [4.69, 9.17) is 0 Å². The summed E-state index contributed by atoms with van der Waals surface area (Å²) < 4.78 is 13.4. The molecule has 3 aromatic rings. The Morgan fingerprint density at radius 3 is 2.78 bits per heavy atom. The zero-order valence-corrected chi connectivity index (χ0v) is 21.1. The van der Waals surface area contributed by atoms with Gasteiger partial charge in [-0.05, 0) is 55.5 Å². The number of aliphatic imine (C=N–C) groups is 1. The van der Waals surface area contributed by atoms with E-state index in [9.17, 15) is 4.39 Å². The van der Waals surface area contributed by atoms with Gasteiger partial charge in [0.15, 0.2) is 5.96 Å². The van der Waals surface area contributed by atoms with Gasteiger partial charge >= 0.3 is 0 Å². The number of hydrogen-bond donors (Lipinski definition) is 3. The van der Waals surface area contributed by atoms with Gasteiger partial charge in [-0.1, -0.05) is 30.3 Å². The standard InChI is InChI=1S/C25H32FN5.HI/c1-18-14-22(11-13-31(18)17-19-6-4-3-5-7-19)30-25(27-2)28-12-10-20-16-29-24-15-21(26)8-9-23(20)24;/h3-9,15-16,18,22,29H,10-14,17H2,1-2H3,(H2,27,28,30);1H. The minimum atomic E-state index is -0.215. The maximum Gasteiger partial charge on any atom is 0.191 e. The number of fused-ring (bicyclic) bond motifs is 1. The Morgan fingerprint density at radius 2 is 2.03 bits per heavy atom. The molecule has 0 saturated carbocycles. The lowest BCUT2D eigenvalue weighted by atomic mass is 9.97. The van der Waals surface area contributed by atoms with E-state index >= 15 is 0 Å². The monoisotopic (exact) mass is 549 g/mol. The van der Waals surface area contributed by atoms with E-state index in [1.165, 1.54) is 23.3 Å². The van der Waals surface area contributed by atoms with Crippen LogP contribution in [-0.4, -0.2) is 48.1 Å². The first-order valence-electron chi connectivity index (χ1n) is 11.1. The Kier molecular flexibility index (Phi) is 8.92. The Bertz CT molecular complexity index is 1020. The largest absolute Gasteiger partial charge is 0.361 e. The van der Waals surface area contributed by atoms with Crippen LogP contribution in [0.1, 0.15) is 30.9 Å². The number of piperidine rings is 1. The summed E-state index contributed by atoms with van der Waals surface area (Å²) in [4.78, 5) is 10.1. The van der Waals surface area contributed by atoms with Crippen LogP contribution in [0.15, 0.2) is 59.7 Å². The van der Waals surface area contributed by atoms with E-state index in [0.717, 1.165) is 55.8 Å². The second-order valence-electron chi connectivity index (χ2n) is 8.42. The molecule has 32 heavy (non-hydrogen) atoms. The number of H-pyrrole nitrogens is 1. The number of aromatic nitrogens is 1. The normalized spacial score (nSPS) is 19.5. The van der Waals surface area contributed by atoms with Gasteiger partial charge in [0, 0.05) is 55.9 Å². The van der Waals surface area contributed by atoms with Crippen LogP contribution < -0.4 is 10.6 Å². The van der Waals surface area contributed by atoms with E-state index in [-0.39, 0.29) is 29.8 Å². The van der Waals surface area contributed by atoms with Gasteiger partial charge in [0.25, 0.3) is 0 Å². The van der Waals surface area contributed by atoms with Crippen molar-refractivity contribution >= 4 is 40.8 Å². The van der Waals surface area contributed by atoms with Crippen LogP contribution >= 0.6 is 24.0 Å². The molecule has 0 radical (unpaired) electrons. The molecule has 1 fully saturated rings. The molecule has 172 valence electrons. The predicted octanol–water partition coefficient (Wildman–Crippen LogP) is 4.69. The Hall–Kier alpha value is -2.13. The third kappa shape index (κ3) is 6.22. The quantitative estimate of drug-likeness (QED) is 0.238. The van der Waals surface area contributed by atoms with Gasteiger partial charge in [0.1, 0.15) is 5.82 Å². The molecule has 4 rings (SSSR count). The fraction of sp³-hybridized carbons (Fsp3) is 0.400. The molecule has 5 nitrogen and oxygen atoms in total. The number of halogens is 2. The molecule has 2 atom stereocenters. The molecule has 1 aliphatic heterocycles. The lowest BCUT2D eigenvalue weighted by molar-refractivity contribution is 0.134. The van der Waals surface area contributed by atoms with Crippen LogP contribution in [-0.2, 0) is 13.0 Å². The number of hydrogen-bond acceptors (Lipinski definition) is 2. The molecule has 1 aromatic heterocycles. The van der Waals surface area contributed by atoms with Crippen molar-refractivity contribution in [2.24, 2.45) is 4.99 Å². The summed E-state index contributed by atoms with van der Waals surface area (Å²) in [7, 11) is 1.82. The van der Waals surface area contributed by atoms with Crippen LogP contribution in [0.4, 0.5) is 4.39 Å². The minimum absolute atomic E-state index is 0. The summed E-state index contributed by atoms with van der Waals surface area (Å²) in [5.41, 5.74) is 3.40. The Balaban J connectivity index is 0.00000289. The first-order valence-corrected chi connectivity index (χ1v) is 11.1. The summed E-state index contributed by atoms with van der Waals surface area (Å²) >= 11 is 0. The average Bonchev–Trinajstić information content (AvgIpc) is 3.17. The molecular formula is C25H33FIN5. The molecule has 0 bridgehead atoms. The maximum absolute atomic E-state index is 13.4. The van der Waals surface area contributed by atoms with Crippen molar-refractivity contribution in [1.29, 1.82) is 0 Å². The molecule has 3 N–H and O–H groups in total. The van der Waals surface area contributed by atoms with Gasteiger partial charge in [-0.25, -0.2) is 4.39 Å². The summed E-state index contributed by atoms with van der Waals surface area (Å²) in [6, 6.07) is 16.5. The van der Waals surface area contributed by atoms with Crippen LogP contribution in [0, 0.1) is 5.82 Å². The second-order valence-corrected chi connectivity index (χ2v) is 8.42. The Labute approximate surface area is 206 Å². The van der Waals surface area contributed by atoms with Gasteiger partial charge in [0.2, 0.25) is 0 Å². The summed E-state index contributed by atoms with van der Waals surface area (Å²) in [6.45, 7) is 5.17. The van der Waals surface area contributed by atoms with Gasteiger partial charge in [-0.2, -0.15) is 0 Å². The van der Waals surface area contributed by atoms with Gasteiger partial charge < -0.3 is 15.6 Å². The fourth-order valence-corrected chi connectivity index (χ4v) is 4.47. The van der Waals surface area contributed by atoms with E-state index in [1.807, 2.05) is 19.3 Å². The molecule has 0 amide bonds. The molecule has 7 heteroatoms. The van der Waals surface area contributed by atoms with Crippen molar-refractivity contribution in [2.75, 3.05) is 20.1 Å². The Morgan fingerprint density at radius 1 is 1.22 bits per heavy atom. The predicted molar refractivity (Wildman–Crippen MR) is 141 cm³/mol. The van der Waals surface area contributed by atoms with E-state index in [0.29, 0.717) is 12.1 Å². The lowest BCUT2D eigenvalue weighted by Crippen LogP contribution is -2.51. The van der Waals surface area contributed by atoms with Crippen molar-refractivity contribution < 1.29 is 4.39 Å². The molecule has 1 saturated heterocycles. The number of rotatable bonds is 6. The SMILES string of the molecule is CN=C(NCCc1c[nH]c2cc(F)ccc12)NC1CCN(Cc2ccccc2)C(C)C1.I. The van der Waals surface area contributed by atoms with Crippen molar-refractivity contribution in [2.45, 2.75) is 44.8 Å². The minimum Gasteiger partial charge on any atom is -0.361 e. The first kappa shape index (κ1) is 24.5. The van der Waals surface area contributed by atoms with Crippen molar-refractivity contribution in [3.63, 3.8) is 0 Å². The highest BCUT2D eigenvalue weighted by Gasteiger charge is 2.25. The number of likely N-dealkylation sites (tertiary alicyclic amines) is 1. The van der Waals surface area contributed by atoms with Crippen LogP contribution in [0.2, 0.25) is 0 Å². The third-order valence-electron chi connectivity index (χ3n) is 6.22. The van der Waals surface area contributed by atoms with Crippen molar-refractivity contribution in [3.8, 4) is 0 Å². The van der Waals surface area contributed by atoms with E-state index in [2.05, 4.69) is 62.8 Å². The molecule has 0 spiro atoms. The average molecular weight is 549 g/mol. The van der Waals surface area contributed by atoms with Gasteiger partial charge in [-0.15, -0.1) is 24.0 Å². The van der Waals surface area contributed by atoms with Crippen LogP contribution in [0.3, 0.4) is 0 Å². The zero-order chi connectivity index (χ0) is 21.6. The molecule has 0 aliphatic carbocycles. The smallest absolute Gasteiger partial charge is 0.191 e.